The third kappa shape index (κ3) is 1.34. The Hall–Kier alpha value is -0.0400. The molecule has 0 spiro atoms. The van der Waals surface area contributed by atoms with Crippen LogP contribution in [0.5, 0.6) is 0 Å². The van der Waals surface area contributed by atoms with E-state index in [1.165, 1.54) is 12.3 Å². The number of aliphatic hydroxyl groups is 1. The van der Waals surface area contributed by atoms with Crippen molar-refractivity contribution in [2.45, 2.75) is 33.6 Å². The predicted octanol–water partition coefficient (Wildman–Crippen LogP) is 2.01. The largest absolute Gasteiger partial charge is 0.396 e. The van der Waals surface area contributed by atoms with E-state index in [1.54, 1.807) is 0 Å². The first-order valence-electron chi connectivity index (χ1n) is 4.01. The zero-order chi connectivity index (χ0) is 7.78. The summed E-state index contributed by atoms with van der Waals surface area (Å²) in [5, 5.41) is 8.88. The quantitative estimate of drug-likeness (QED) is 0.592. The van der Waals surface area contributed by atoms with Gasteiger partial charge in [0.1, 0.15) is 0 Å². The van der Waals surface area contributed by atoms with Crippen molar-refractivity contribution in [2.75, 3.05) is 6.61 Å². The van der Waals surface area contributed by atoms with E-state index in [-0.39, 0.29) is 0 Å². The van der Waals surface area contributed by atoms with Gasteiger partial charge in [-0.2, -0.15) is 0 Å². The van der Waals surface area contributed by atoms with Crippen molar-refractivity contribution in [3.05, 3.63) is 5.92 Å². The van der Waals surface area contributed by atoms with Crippen LogP contribution in [-0.2, 0) is 0 Å². The Morgan fingerprint density at radius 2 is 2.10 bits per heavy atom. The van der Waals surface area contributed by atoms with Crippen molar-refractivity contribution in [3.63, 3.8) is 0 Å². The number of rotatable bonds is 1. The summed E-state index contributed by atoms with van der Waals surface area (Å²) in [7, 11) is 0. The summed E-state index contributed by atoms with van der Waals surface area (Å²) in [5.74, 6) is 2.03. The fourth-order valence-corrected chi connectivity index (χ4v) is 1.73. The van der Waals surface area contributed by atoms with Crippen molar-refractivity contribution < 1.29 is 5.11 Å². The lowest BCUT2D eigenvalue weighted by Crippen LogP contribution is -2.36. The monoisotopic (exact) mass is 141 g/mol. The highest BCUT2D eigenvalue weighted by Crippen LogP contribution is 2.46. The summed E-state index contributed by atoms with van der Waals surface area (Å²) < 4.78 is 0. The number of hydrogen-bond acceptors (Lipinski definition) is 1. The zero-order valence-corrected chi connectivity index (χ0v) is 7.15. The Bertz CT molecular complexity index is 110. The number of hydrogen-bond donors (Lipinski definition) is 1. The second kappa shape index (κ2) is 2.54. The minimum Gasteiger partial charge on any atom is -0.396 e. The van der Waals surface area contributed by atoms with Crippen LogP contribution in [0.4, 0.5) is 0 Å². The second-order valence-corrected chi connectivity index (χ2v) is 4.27. The molecule has 1 aliphatic carbocycles. The van der Waals surface area contributed by atoms with Crippen molar-refractivity contribution in [1.29, 1.82) is 0 Å². The van der Waals surface area contributed by atoms with Crippen LogP contribution in [0.1, 0.15) is 33.6 Å². The maximum absolute atomic E-state index is 8.88. The molecule has 1 unspecified atom stereocenters. The lowest BCUT2D eigenvalue weighted by molar-refractivity contribution is 0.128. The minimum absolute atomic E-state index is 0.307. The molecule has 1 saturated carbocycles. The molecule has 0 aliphatic heterocycles. The Morgan fingerprint density at radius 1 is 1.50 bits per heavy atom. The topological polar surface area (TPSA) is 20.2 Å². The molecule has 0 aromatic carbocycles. The first-order chi connectivity index (χ1) is 4.55. The Morgan fingerprint density at radius 3 is 2.20 bits per heavy atom. The summed E-state index contributed by atoms with van der Waals surface area (Å²) in [6, 6.07) is 0. The summed E-state index contributed by atoms with van der Waals surface area (Å²) >= 11 is 0. The fourth-order valence-electron chi connectivity index (χ4n) is 1.73. The zero-order valence-electron chi connectivity index (χ0n) is 7.15. The SMILES string of the molecule is CC(C)(C)C1CC[C]1CO. The standard InChI is InChI=1S/C9H17O/c1-9(2,3)8-5-4-7(8)6-10/h8,10H,4-6H2,1-3H3. The average molecular weight is 141 g/mol. The highest BCUT2D eigenvalue weighted by atomic mass is 16.3. The van der Waals surface area contributed by atoms with Gasteiger partial charge in [0.2, 0.25) is 0 Å². The van der Waals surface area contributed by atoms with Crippen molar-refractivity contribution >= 4 is 0 Å². The highest BCUT2D eigenvalue weighted by molar-refractivity contribution is 5.09. The van der Waals surface area contributed by atoms with Crippen LogP contribution in [0, 0.1) is 17.3 Å². The van der Waals surface area contributed by atoms with Crippen molar-refractivity contribution in [1.82, 2.24) is 0 Å². The molecule has 0 heterocycles. The molecule has 1 radical (unpaired) electrons. The van der Waals surface area contributed by atoms with Gasteiger partial charge in [-0.25, -0.2) is 0 Å². The van der Waals surface area contributed by atoms with Gasteiger partial charge >= 0.3 is 0 Å². The second-order valence-electron chi connectivity index (χ2n) is 4.27. The third-order valence-electron chi connectivity index (χ3n) is 2.50. The molecule has 0 aromatic heterocycles. The summed E-state index contributed by atoms with van der Waals surface area (Å²) in [5.41, 5.74) is 0.371. The van der Waals surface area contributed by atoms with Gasteiger partial charge in [-0.15, -0.1) is 0 Å². The molecule has 0 amide bonds. The fraction of sp³-hybridized carbons (Fsp3) is 0.889. The van der Waals surface area contributed by atoms with Gasteiger partial charge < -0.3 is 5.11 Å². The van der Waals surface area contributed by atoms with Crippen LogP contribution in [-0.4, -0.2) is 11.7 Å². The summed E-state index contributed by atoms with van der Waals surface area (Å²) in [6.07, 6.45) is 2.43. The maximum Gasteiger partial charge on any atom is 0.0496 e. The van der Waals surface area contributed by atoms with Gasteiger partial charge in [0, 0.05) is 12.5 Å². The molecule has 1 heteroatoms. The van der Waals surface area contributed by atoms with Gasteiger partial charge in [-0.1, -0.05) is 20.8 Å². The molecule has 1 fully saturated rings. The normalized spacial score (nSPS) is 28.2. The summed E-state index contributed by atoms with van der Waals surface area (Å²) in [4.78, 5) is 0. The molecule has 1 rings (SSSR count). The molecule has 0 saturated heterocycles. The van der Waals surface area contributed by atoms with Crippen LogP contribution in [0.2, 0.25) is 0 Å². The van der Waals surface area contributed by atoms with Crippen LogP contribution in [0.15, 0.2) is 0 Å². The molecular weight excluding hydrogens is 124 g/mol. The summed E-state index contributed by atoms with van der Waals surface area (Å²) in [6.45, 7) is 7.04. The van der Waals surface area contributed by atoms with Crippen LogP contribution < -0.4 is 0 Å². The Balaban J connectivity index is 2.43. The van der Waals surface area contributed by atoms with Gasteiger partial charge in [0.05, 0.1) is 0 Å². The minimum atomic E-state index is 0.307. The molecular formula is C9H17O. The first-order valence-corrected chi connectivity index (χ1v) is 4.01. The van der Waals surface area contributed by atoms with E-state index in [0.717, 1.165) is 6.42 Å². The molecule has 0 bridgehead atoms. The molecule has 59 valence electrons. The van der Waals surface area contributed by atoms with Crippen LogP contribution >= 0.6 is 0 Å². The van der Waals surface area contributed by atoms with E-state index < -0.39 is 0 Å². The Labute approximate surface area is 63.4 Å². The first kappa shape index (κ1) is 8.06. The van der Waals surface area contributed by atoms with Gasteiger partial charge in [0.15, 0.2) is 0 Å². The molecule has 0 aromatic rings. The van der Waals surface area contributed by atoms with E-state index in [1.807, 2.05) is 0 Å². The number of aliphatic hydroxyl groups excluding tert-OH is 1. The smallest absolute Gasteiger partial charge is 0.0496 e. The van der Waals surface area contributed by atoms with Crippen LogP contribution in [0.25, 0.3) is 0 Å². The molecule has 1 nitrogen and oxygen atoms in total. The molecule has 10 heavy (non-hydrogen) atoms. The van der Waals surface area contributed by atoms with E-state index >= 15 is 0 Å². The van der Waals surface area contributed by atoms with Crippen molar-refractivity contribution in [2.24, 2.45) is 11.3 Å². The molecule has 1 atom stereocenters. The van der Waals surface area contributed by atoms with E-state index in [2.05, 4.69) is 20.8 Å². The lowest BCUT2D eigenvalue weighted by Gasteiger charge is -2.44. The average Bonchev–Trinajstić information content (AvgIpc) is 1.57. The van der Waals surface area contributed by atoms with E-state index in [9.17, 15) is 0 Å². The van der Waals surface area contributed by atoms with E-state index in [4.69, 9.17) is 5.11 Å². The van der Waals surface area contributed by atoms with Gasteiger partial charge in [0.25, 0.3) is 0 Å². The van der Waals surface area contributed by atoms with Gasteiger partial charge in [-0.3, -0.25) is 0 Å². The molecule has 1 aliphatic rings. The predicted molar refractivity (Wildman–Crippen MR) is 42.5 cm³/mol. The lowest BCUT2D eigenvalue weighted by atomic mass is 9.62. The maximum atomic E-state index is 8.88. The van der Waals surface area contributed by atoms with Crippen molar-refractivity contribution in [3.8, 4) is 0 Å². The highest BCUT2D eigenvalue weighted by Gasteiger charge is 2.38. The third-order valence-corrected chi connectivity index (χ3v) is 2.50. The van der Waals surface area contributed by atoms with Gasteiger partial charge in [-0.05, 0) is 24.2 Å². The molecule has 1 N–H and O–H groups in total. The Kier molecular flexibility index (Phi) is 2.04. The van der Waals surface area contributed by atoms with Crippen LogP contribution in [0.3, 0.4) is 0 Å². The van der Waals surface area contributed by atoms with E-state index in [0.29, 0.717) is 17.9 Å².